The molecule has 0 bridgehead atoms. The average Bonchev–Trinajstić information content (AvgIpc) is 2.98. The van der Waals surface area contributed by atoms with E-state index in [9.17, 15) is 0 Å². The van der Waals surface area contributed by atoms with E-state index in [2.05, 4.69) is 4.98 Å². The van der Waals surface area contributed by atoms with E-state index < -0.39 is 0 Å². The van der Waals surface area contributed by atoms with E-state index in [-0.39, 0.29) is 6.61 Å². The Morgan fingerprint density at radius 1 is 1.14 bits per heavy atom. The Hall–Kier alpha value is -2.26. The van der Waals surface area contributed by atoms with Crippen LogP contribution in [0, 0.1) is 6.92 Å². The summed E-state index contributed by atoms with van der Waals surface area (Å²) in [4.78, 5) is 4.22. The van der Waals surface area contributed by atoms with Crippen molar-refractivity contribution in [3.63, 3.8) is 0 Å². The Morgan fingerprint density at radius 3 is 2.76 bits per heavy atom. The Balaban J connectivity index is 1.72. The minimum Gasteiger partial charge on any atom is -0.482 e. The number of rotatable bonds is 4. The van der Waals surface area contributed by atoms with Crippen LogP contribution in [-0.4, -0.2) is 4.98 Å². The maximum atomic E-state index is 6.09. The molecule has 0 fully saturated rings. The fourth-order valence-corrected chi connectivity index (χ4v) is 2.15. The van der Waals surface area contributed by atoms with Gasteiger partial charge in [-0.25, -0.2) is 4.98 Å². The SMILES string of the molecule is Cc1ccc(Cl)c(OCc2ncc(-c3ccccc3)o2)c1. The predicted molar refractivity (Wildman–Crippen MR) is 82.5 cm³/mol. The third-order valence-corrected chi connectivity index (χ3v) is 3.36. The molecule has 106 valence electrons. The van der Waals surface area contributed by atoms with Crippen LogP contribution in [0.25, 0.3) is 11.3 Å². The van der Waals surface area contributed by atoms with Gasteiger partial charge < -0.3 is 9.15 Å². The molecule has 0 saturated carbocycles. The number of benzene rings is 2. The quantitative estimate of drug-likeness (QED) is 0.688. The number of halogens is 1. The first-order chi connectivity index (χ1) is 10.2. The topological polar surface area (TPSA) is 35.3 Å². The molecule has 0 spiro atoms. The van der Waals surface area contributed by atoms with Crippen molar-refractivity contribution in [2.45, 2.75) is 13.5 Å². The summed E-state index contributed by atoms with van der Waals surface area (Å²) in [6.07, 6.45) is 1.70. The summed E-state index contributed by atoms with van der Waals surface area (Å²) in [5.74, 6) is 1.88. The van der Waals surface area contributed by atoms with Crippen LogP contribution in [0.4, 0.5) is 0 Å². The van der Waals surface area contributed by atoms with E-state index in [1.165, 1.54) is 0 Å². The van der Waals surface area contributed by atoms with Gasteiger partial charge in [-0.3, -0.25) is 0 Å². The van der Waals surface area contributed by atoms with Crippen LogP contribution in [0.2, 0.25) is 5.02 Å². The highest BCUT2D eigenvalue weighted by Gasteiger charge is 2.08. The molecule has 0 N–H and O–H groups in total. The first kappa shape index (κ1) is 13.7. The van der Waals surface area contributed by atoms with Crippen LogP contribution in [-0.2, 0) is 6.61 Å². The molecular formula is C17H14ClNO2. The van der Waals surface area contributed by atoms with Crippen molar-refractivity contribution in [1.82, 2.24) is 4.98 Å². The Kier molecular flexibility index (Phi) is 3.93. The molecule has 0 saturated heterocycles. The van der Waals surface area contributed by atoms with Crippen LogP contribution < -0.4 is 4.74 Å². The lowest BCUT2D eigenvalue weighted by Crippen LogP contribution is -1.96. The second kappa shape index (κ2) is 6.02. The number of ether oxygens (including phenoxy) is 1. The summed E-state index contributed by atoms with van der Waals surface area (Å²) in [6.45, 7) is 2.23. The van der Waals surface area contributed by atoms with Crippen molar-refractivity contribution in [2.24, 2.45) is 0 Å². The molecule has 3 nitrogen and oxygen atoms in total. The molecule has 4 heteroatoms. The van der Waals surface area contributed by atoms with Gasteiger partial charge in [-0.1, -0.05) is 48.0 Å². The normalized spacial score (nSPS) is 10.6. The highest BCUT2D eigenvalue weighted by atomic mass is 35.5. The molecule has 0 aliphatic heterocycles. The zero-order valence-corrected chi connectivity index (χ0v) is 12.3. The lowest BCUT2D eigenvalue weighted by molar-refractivity contribution is 0.264. The standard InChI is InChI=1S/C17H14ClNO2/c1-12-7-8-14(18)15(9-12)20-11-17-19-10-16(21-17)13-5-3-2-4-6-13/h2-10H,11H2,1H3. The molecule has 3 rings (SSSR count). The number of hydrogen-bond acceptors (Lipinski definition) is 3. The molecule has 0 radical (unpaired) electrons. The van der Waals surface area contributed by atoms with Gasteiger partial charge in [-0.05, 0) is 24.6 Å². The number of hydrogen-bond donors (Lipinski definition) is 0. The first-order valence-corrected chi connectivity index (χ1v) is 6.99. The molecular weight excluding hydrogens is 286 g/mol. The molecule has 2 aromatic carbocycles. The second-order valence-electron chi connectivity index (χ2n) is 4.71. The van der Waals surface area contributed by atoms with Crippen molar-refractivity contribution >= 4 is 11.6 Å². The van der Waals surface area contributed by atoms with Crippen LogP contribution in [0.1, 0.15) is 11.5 Å². The third-order valence-electron chi connectivity index (χ3n) is 3.05. The monoisotopic (exact) mass is 299 g/mol. The lowest BCUT2D eigenvalue weighted by atomic mass is 10.2. The lowest BCUT2D eigenvalue weighted by Gasteiger charge is -2.06. The molecule has 0 atom stereocenters. The average molecular weight is 300 g/mol. The van der Waals surface area contributed by atoms with Gasteiger partial charge in [0.05, 0.1) is 11.2 Å². The van der Waals surface area contributed by atoms with Crippen LogP contribution in [0.5, 0.6) is 5.75 Å². The van der Waals surface area contributed by atoms with E-state index >= 15 is 0 Å². The summed E-state index contributed by atoms with van der Waals surface area (Å²) in [6, 6.07) is 15.5. The molecule has 0 amide bonds. The van der Waals surface area contributed by atoms with Crippen LogP contribution >= 0.6 is 11.6 Å². The minimum absolute atomic E-state index is 0.246. The molecule has 1 heterocycles. The molecule has 3 aromatic rings. The fourth-order valence-electron chi connectivity index (χ4n) is 1.97. The number of oxazole rings is 1. The zero-order valence-electron chi connectivity index (χ0n) is 11.5. The smallest absolute Gasteiger partial charge is 0.232 e. The van der Waals surface area contributed by atoms with E-state index in [4.69, 9.17) is 20.8 Å². The van der Waals surface area contributed by atoms with Crippen LogP contribution in [0.15, 0.2) is 59.1 Å². The van der Waals surface area contributed by atoms with Crippen molar-refractivity contribution in [3.8, 4) is 17.1 Å². The minimum atomic E-state index is 0.246. The van der Waals surface area contributed by atoms with E-state index in [0.717, 1.165) is 16.9 Å². The summed E-state index contributed by atoms with van der Waals surface area (Å²) in [7, 11) is 0. The van der Waals surface area contributed by atoms with Crippen molar-refractivity contribution in [3.05, 3.63) is 71.2 Å². The highest BCUT2D eigenvalue weighted by Crippen LogP contribution is 2.26. The highest BCUT2D eigenvalue weighted by molar-refractivity contribution is 6.32. The second-order valence-corrected chi connectivity index (χ2v) is 5.11. The summed E-state index contributed by atoms with van der Waals surface area (Å²) >= 11 is 6.09. The largest absolute Gasteiger partial charge is 0.482 e. The van der Waals surface area contributed by atoms with Crippen LogP contribution in [0.3, 0.4) is 0 Å². The van der Waals surface area contributed by atoms with Crippen molar-refractivity contribution in [2.75, 3.05) is 0 Å². The molecule has 0 aliphatic carbocycles. The molecule has 1 aromatic heterocycles. The Bertz CT molecular complexity index is 738. The third kappa shape index (κ3) is 3.26. The van der Waals surface area contributed by atoms with Gasteiger partial charge in [-0.15, -0.1) is 0 Å². The summed E-state index contributed by atoms with van der Waals surface area (Å²) in [5, 5.41) is 0.579. The van der Waals surface area contributed by atoms with Crippen molar-refractivity contribution in [1.29, 1.82) is 0 Å². The first-order valence-electron chi connectivity index (χ1n) is 6.61. The van der Waals surface area contributed by atoms with Gasteiger partial charge in [0.15, 0.2) is 12.4 Å². The number of aryl methyl sites for hydroxylation is 1. The summed E-state index contributed by atoms with van der Waals surface area (Å²) in [5.41, 5.74) is 2.08. The zero-order chi connectivity index (χ0) is 14.7. The Labute approximate surface area is 128 Å². The molecule has 21 heavy (non-hydrogen) atoms. The van der Waals surface area contributed by atoms with E-state index in [0.29, 0.717) is 16.7 Å². The maximum absolute atomic E-state index is 6.09. The van der Waals surface area contributed by atoms with E-state index in [1.807, 2.05) is 55.5 Å². The number of nitrogens with zero attached hydrogens (tertiary/aromatic N) is 1. The van der Waals surface area contributed by atoms with Gasteiger partial charge in [0.1, 0.15) is 5.75 Å². The van der Waals surface area contributed by atoms with Gasteiger partial charge in [0.25, 0.3) is 0 Å². The molecule has 0 aliphatic rings. The summed E-state index contributed by atoms with van der Waals surface area (Å²) < 4.78 is 11.3. The van der Waals surface area contributed by atoms with Gasteiger partial charge in [-0.2, -0.15) is 0 Å². The predicted octanol–water partition coefficient (Wildman–Crippen LogP) is 4.88. The van der Waals surface area contributed by atoms with Crippen molar-refractivity contribution < 1.29 is 9.15 Å². The van der Waals surface area contributed by atoms with Gasteiger partial charge in [0, 0.05) is 5.56 Å². The van der Waals surface area contributed by atoms with E-state index in [1.54, 1.807) is 6.20 Å². The maximum Gasteiger partial charge on any atom is 0.232 e. The number of aromatic nitrogens is 1. The fraction of sp³-hybridized carbons (Fsp3) is 0.118. The molecule has 0 unspecified atom stereocenters. The van der Waals surface area contributed by atoms with Gasteiger partial charge in [0.2, 0.25) is 5.89 Å². The Morgan fingerprint density at radius 2 is 1.95 bits per heavy atom. The van der Waals surface area contributed by atoms with Gasteiger partial charge >= 0.3 is 0 Å².